The number of ether oxygens (including phenoxy) is 3. The molecule has 0 radical (unpaired) electrons. The second-order valence-electron chi connectivity index (χ2n) is 8.52. The van der Waals surface area contributed by atoms with Crippen molar-refractivity contribution in [2.45, 2.75) is 32.1 Å². The van der Waals surface area contributed by atoms with E-state index in [9.17, 15) is 4.79 Å². The fraction of sp³-hybridized carbons (Fsp3) is 0.370. The maximum absolute atomic E-state index is 11.9. The van der Waals surface area contributed by atoms with Crippen LogP contribution in [0.5, 0.6) is 5.75 Å². The number of rotatable bonds is 4. The second-order valence-corrected chi connectivity index (χ2v) is 8.52. The van der Waals surface area contributed by atoms with E-state index < -0.39 is 5.97 Å². The Morgan fingerprint density at radius 2 is 1.84 bits per heavy atom. The first-order valence-corrected chi connectivity index (χ1v) is 11.3. The van der Waals surface area contributed by atoms with Crippen LogP contribution < -0.4 is 4.74 Å². The van der Waals surface area contributed by atoms with E-state index >= 15 is 0 Å². The zero-order valence-corrected chi connectivity index (χ0v) is 18.6. The fourth-order valence-corrected chi connectivity index (χ4v) is 5.10. The summed E-state index contributed by atoms with van der Waals surface area (Å²) < 4.78 is 21.8. The fourth-order valence-electron chi connectivity index (χ4n) is 5.10. The predicted molar refractivity (Wildman–Crippen MR) is 123 cm³/mol. The van der Waals surface area contributed by atoms with Crippen molar-refractivity contribution in [3.63, 3.8) is 0 Å². The Labute approximate surface area is 188 Å². The zero-order valence-electron chi connectivity index (χ0n) is 18.6. The molecule has 1 aliphatic heterocycles. The quantitative estimate of drug-likeness (QED) is 0.488. The number of allylic oxidation sites excluding steroid dienone is 1. The van der Waals surface area contributed by atoms with Crippen LogP contribution in [-0.2, 0) is 15.9 Å². The van der Waals surface area contributed by atoms with Gasteiger partial charge in [-0.25, -0.2) is 4.79 Å². The molecule has 0 bridgehead atoms. The maximum Gasteiger partial charge on any atom is 0.373 e. The molecular formula is C27H28O5. The van der Waals surface area contributed by atoms with Crippen molar-refractivity contribution in [1.29, 1.82) is 0 Å². The van der Waals surface area contributed by atoms with E-state index in [0.717, 1.165) is 62.0 Å². The highest BCUT2D eigenvalue weighted by atomic mass is 16.5. The summed E-state index contributed by atoms with van der Waals surface area (Å²) in [4.78, 5) is 11.9. The van der Waals surface area contributed by atoms with Gasteiger partial charge in [-0.05, 0) is 84.6 Å². The third kappa shape index (κ3) is 3.82. The Bertz CT molecular complexity index is 1180. The molecule has 5 nitrogen and oxygen atoms in total. The van der Waals surface area contributed by atoms with Gasteiger partial charge in [0.15, 0.2) is 0 Å². The highest BCUT2D eigenvalue weighted by molar-refractivity contribution is 5.94. The molecule has 32 heavy (non-hydrogen) atoms. The molecule has 1 aromatic heterocycles. The summed E-state index contributed by atoms with van der Waals surface area (Å²) in [6.07, 6.45) is 5.32. The van der Waals surface area contributed by atoms with Crippen LogP contribution in [0.15, 0.2) is 52.5 Å². The van der Waals surface area contributed by atoms with Crippen molar-refractivity contribution in [3.05, 3.63) is 70.5 Å². The number of carbonyl (C=O) groups excluding carboxylic acids is 1. The first kappa shape index (κ1) is 20.8. The summed E-state index contributed by atoms with van der Waals surface area (Å²) in [6.45, 7) is 1.63. The van der Waals surface area contributed by atoms with Gasteiger partial charge in [0.05, 0.1) is 14.2 Å². The predicted octanol–water partition coefficient (Wildman–Crippen LogP) is 5.79. The zero-order chi connectivity index (χ0) is 22.1. The number of benzene rings is 2. The Balaban J connectivity index is 1.69. The third-order valence-electron chi connectivity index (χ3n) is 6.70. The third-order valence-corrected chi connectivity index (χ3v) is 6.70. The molecule has 0 amide bonds. The number of hydrogen-bond donors (Lipinski definition) is 0. The summed E-state index contributed by atoms with van der Waals surface area (Å²) in [5.41, 5.74) is 7.21. The second kappa shape index (κ2) is 8.83. The first-order valence-electron chi connectivity index (χ1n) is 11.3. The van der Waals surface area contributed by atoms with Crippen molar-refractivity contribution in [2.24, 2.45) is 5.92 Å². The summed E-state index contributed by atoms with van der Waals surface area (Å²) in [7, 11) is 3.08. The Kier molecular flexibility index (Phi) is 5.75. The van der Waals surface area contributed by atoms with E-state index in [1.165, 1.54) is 29.4 Å². The van der Waals surface area contributed by atoms with Crippen LogP contribution in [0.3, 0.4) is 0 Å². The highest BCUT2D eigenvalue weighted by Gasteiger charge is 2.26. The average Bonchev–Trinajstić information content (AvgIpc) is 3.18. The molecule has 1 fully saturated rings. The van der Waals surface area contributed by atoms with Crippen LogP contribution in [0, 0.1) is 5.92 Å². The number of carbonyl (C=O) groups is 1. The molecule has 3 aromatic rings. The molecule has 0 unspecified atom stereocenters. The molecule has 166 valence electrons. The molecule has 2 heterocycles. The molecule has 0 atom stereocenters. The van der Waals surface area contributed by atoms with Crippen LogP contribution in [0.1, 0.15) is 52.9 Å². The van der Waals surface area contributed by atoms with E-state index in [-0.39, 0.29) is 5.76 Å². The molecule has 5 heteroatoms. The lowest BCUT2D eigenvalue weighted by atomic mass is 9.81. The first-order chi connectivity index (χ1) is 15.7. The van der Waals surface area contributed by atoms with Crippen LogP contribution in [0.4, 0.5) is 0 Å². The largest absolute Gasteiger partial charge is 0.497 e. The lowest BCUT2D eigenvalue weighted by Gasteiger charge is -2.27. The van der Waals surface area contributed by atoms with E-state index in [2.05, 4.69) is 24.3 Å². The van der Waals surface area contributed by atoms with Crippen LogP contribution in [-0.4, -0.2) is 33.4 Å². The summed E-state index contributed by atoms with van der Waals surface area (Å²) in [6, 6.07) is 14.4. The maximum atomic E-state index is 11.9. The van der Waals surface area contributed by atoms with Crippen molar-refractivity contribution >= 4 is 22.5 Å². The SMILES string of the molecule is COC(=O)c1cc2ccc(C3=C(C4CCOCC4)CCCc4cc(OC)ccc43)cc2o1. The number of aryl methyl sites for hydroxylation is 1. The minimum absolute atomic E-state index is 0.226. The Hall–Kier alpha value is -3.05. The van der Waals surface area contributed by atoms with Gasteiger partial charge in [-0.3, -0.25) is 0 Å². The number of fused-ring (bicyclic) bond motifs is 2. The average molecular weight is 433 g/mol. The molecular weight excluding hydrogens is 404 g/mol. The summed E-state index contributed by atoms with van der Waals surface area (Å²) >= 11 is 0. The lowest BCUT2D eigenvalue weighted by molar-refractivity contribution is 0.0567. The van der Waals surface area contributed by atoms with Crippen molar-refractivity contribution in [2.75, 3.05) is 27.4 Å². The molecule has 0 N–H and O–H groups in total. The van der Waals surface area contributed by atoms with E-state index in [0.29, 0.717) is 11.5 Å². The van der Waals surface area contributed by atoms with Crippen LogP contribution in [0.2, 0.25) is 0 Å². The van der Waals surface area contributed by atoms with Gasteiger partial charge < -0.3 is 18.6 Å². The van der Waals surface area contributed by atoms with E-state index in [4.69, 9.17) is 18.6 Å². The Morgan fingerprint density at radius 3 is 2.62 bits per heavy atom. The molecule has 1 saturated heterocycles. The molecule has 2 aliphatic rings. The normalized spacial score (nSPS) is 17.2. The van der Waals surface area contributed by atoms with Gasteiger partial charge in [0.2, 0.25) is 5.76 Å². The minimum Gasteiger partial charge on any atom is -0.497 e. The van der Waals surface area contributed by atoms with Crippen molar-refractivity contribution < 1.29 is 23.4 Å². The summed E-state index contributed by atoms with van der Waals surface area (Å²) in [5, 5.41) is 0.894. The minimum atomic E-state index is -0.461. The number of methoxy groups -OCH3 is 2. The number of hydrogen-bond acceptors (Lipinski definition) is 5. The number of furan rings is 1. The van der Waals surface area contributed by atoms with E-state index in [1.54, 1.807) is 13.2 Å². The monoisotopic (exact) mass is 432 g/mol. The lowest BCUT2D eigenvalue weighted by Crippen LogP contribution is -2.18. The molecule has 2 aromatic carbocycles. The smallest absolute Gasteiger partial charge is 0.373 e. The van der Waals surface area contributed by atoms with Crippen LogP contribution >= 0.6 is 0 Å². The van der Waals surface area contributed by atoms with Crippen molar-refractivity contribution in [1.82, 2.24) is 0 Å². The highest BCUT2D eigenvalue weighted by Crippen LogP contribution is 2.42. The van der Waals surface area contributed by atoms with Gasteiger partial charge in [-0.1, -0.05) is 23.8 Å². The van der Waals surface area contributed by atoms with Crippen molar-refractivity contribution in [3.8, 4) is 5.75 Å². The van der Waals surface area contributed by atoms with Gasteiger partial charge >= 0.3 is 5.97 Å². The summed E-state index contributed by atoms with van der Waals surface area (Å²) in [5.74, 6) is 1.17. The van der Waals surface area contributed by atoms with Gasteiger partial charge in [-0.15, -0.1) is 0 Å². The molecule has 5 rings (SSSR count). The number of esters is 1. The standard InChI is InChI=1S/C27H28O5/c1-29-21-8-9-23-18(14-21)4-3-5-22(17-10-12-31-13-11-17)26(23)20-7-6-19-15-25(27(28)30-2)32-24(19)16-20/h6-9,14-17H,3-5,10-13H2,1-2H3. The van der Waals surface area contributed by atoms with Gasteiger partial charge in [0.1, 0.15) is 11.3 Å². The van der Waals surface area contributed by atoms with Gasteiger partial charge in [-0.2, -0.15) is 0 Å². The van der Waals surface area contributed by atoms with Gasteiger partial charge in [0, 0.05) is 18.6 Å². The van der Waals surface area contributed by atoms with Crippen LogP contribution in [0.25, 0.3) is 16.5 Å². The van der Waals surface area contributed by atoms with Gasteiger partial charge in [0.25, 0.3) is 0 Å². The Morgan fingerprint density at radius 1 is 1.00 bits per heavy atom. The molecule has 0 saturated carbocycles. The topological polar surface area (TPSA) is 57.9 Å². The van der Waals surface area contributed by atoms with E-state index in [1.807, 2.05) is 12.1 Å². The molecule has 0 spiro atoms. The molecule has 1 aliphatic carbocycles.